The van der Waals surface area contributed by atoms with Crippen LogP contribution in [-0.4, -0.2) is 85.5 Å². The van der Waals surface area contributed by atoms with E-state index in [0.29, 0.717) is 25.6 Å². The molecule has 0 aromatic heterocycles. The van der Waals surface area contributed by atoms with Gasteiger partial charge in [-0.25, -0.2) is 0 Å². The summed E-state index contributed by atoms with van der Waals surface area (Å²) in [6, 6.07) is 0. The van der Waals surface area contributed by atoms with Gasteiger partial charge in [0.1, 0.15) is 6.61 Å². The lowest BCUT2D eigenvalue weighted by Gasteiger charge is -2.35. The zero-order valence-electron chi connectivity index (χ0n) is 13.9. The van der Waals surface area contributed by atoms with Crippen molar-refractivity contribution in [1.82, 2.24) is 14.7 Å². The molecule has 1 aliphatic heterocycles. The number of carbonyl (C=O) groups is 2. The van der Waals surface area contributed by atoms with E-state index in [2.05, 4.69) is 4.90 Å². The first-order valence-electron chi connectivity index (χ1n) is 8.49. The molecule has 1 heterocycles. The molecule has 0 atom stereocenters. The predicted molar refractivity (Wildman–Crippen MR) is 84.5 cm³/mol. The Balaban J connectivity index is 1.63. The van der Waals surface area contributed by atoms with Crippen molar-refractivity contribution in [3.8, 4) is 0 Å². The Hall–Kier alpha value is -1.14. The van der Waals surface area contributed by atoms with Gasteiger partial charge in [0.05, 0.1) is 13.2 Å². The molecule has 0 spiro atoms. The molecule has 0 aromatic rings. The topological polar surface area (TPSA) is 53.1 Å². The van der Waals surface area contributed by atoms with E-state index in [-0.39, 0.29) is 18.4 Å². The first-order chi connectivity index (χ1) is 10.6. The van der Waals surface area contributed by atoms with E-state index < -0.39 is 0 Å². The Bertz CT molecular complexity index is 373. The molecule has 1 saturated heterocycles. The minimum absolute atomic E-state index is 0.0790. The van der Waals surface area contributed by atoms with Gasteiger partial charge in [-0.2, -0.15) is 0 Å². The Kier molecular flexibility index (Phi) is 6.64. The number of likely N-dealkylation sites (N-methyl/N-ethyl adjacent to an activating group) is 1. The van der Waals surface area contributed by atoms with Crippen molar-refractivity contribution in [2.75, 3.05) is 59.0 Å². The van der Waals surface area contributed by atoms with Crippen molar-refractivity contribution in [1.29, 1.82) is 0 Å². The van der Waals surface area contributed by atoms with Crippen molar-refractivity contribution in [2.24, 2.45) is 5.92 Å². The minimum Gasteiger partial charge on any atom is -0.371 e. The number of ether oxygens (including phenoxy) is 1. The molecule has 1 aliphatic carbocycles. The summed E-state index contributed by atoms with van der Waals surface area (Å²) in [5, 5.41) is 0. The van der Waals surface area contributed by atoms with Crippen molar-refractivity contribution >= 4 is 11.8 Å². The Morgan fingerprint density at radius 2 is 1.73 bits per heavy atom. The monoisotopic (exact) mass is 311 g/mol. The summed E-state index contributed by atoms with van der Waals surface area (Å²) in [4.78, 5) is 30.0. The largest absolute Gasteiger partial charge is 0.371 e. The van der Waals surface area contributed by atoms with E-state index >= 15 is 0 Å². The molecule has 2 aliphatic rings. The molecule has 1 saturated carbocycles. The van der Waals surface area contributed by atoms with Gasteiger partial charge in [-0.15, -0.1) is 0 Å². The van der Waals surface area contributed by atoms with Crippen LogP contribution in [0.5, 0.6) is 0 Å². The maximum absolute atomic E-state index is 12.1. The minimum atomic E-state index is 0.0790. The molecule has 0 aromatic carbocycles. The van der Waals surface area contributed by atoms with E-state index in [9.17, 15) is 9.59 Å². The fourth-order valence-electron chi connectivity index (χ4n) is 2.71. The van der Waals surface area contributed by atoms with Crippen molar-refractivity contribution in [3.05, 3.63) is 0 Å². The first-order valence-corrected chi connectivity index (χ1v) is 8.49. The number of piperazine rings is 1. The van der Waals surface area contributed by atoms with E-state index in [1.165, 1.54) is 12.8 Å². The van der Waals surface area contributed by atoms with Gasteiger partial charge in [-0.05, 0) is 32.6 Å². The number of amides is 2. The summed E-state index contributed by atoms with van der Waals surface area (Å²) in [5.41, 5.74) is 0. The fraction of sp³-hybridized carbons (Fsp3) is 0.875. The highest BCUT2D eigenvalue weighted by molar-refractivity contribution is 5.79. The molecular weight excluding hydrogens is 282 g/mol. The Labute approximate surface area is 133 Å². The lowest BCUT2D eigenvalue weighted by Crippen LogP contribution is -2.52. The molecule has 2 amide bonds. The summed E-state index contributed by atoms with van der Waals surface area (Å²) in [7, 11) is 0. The van der Waals surface area contributed by atoms with Crippen LogP contribution in [-0.2, 0) is 14.3 Å². The molecule has 6 heteroatoms. The molecule has 2 rings (SSSR count). The number of hydrogen-bond donors (Lipinski definition) is 0. The van der Waals surface area contributed by atoms with Crippen molar-refractivity contribution < 1.29 is 14.3 Å². The zero-order chi connectivity index (χ0) is 15.9. The van der Waals surface area contributed by atoms with E-state index in [1.54, 1.807) is 0 Å². The molecular formula is C16H29N3O3. The lowest BCUT2D eigenvalue weighted by molar-refractivity contribution is -0.138. The third-order valence-corrected chi connectivity index (χ3v) is 4.48. The van der Waals surface area contributed by atoms with Crippen LogP contribution in [0.3, 0.4) is 0 Å². The Morgan fingerprint density at radius 3 is 2.27 bits per heavy atom. The second kappa shape index (κ2) is 8.48. The summed E-state index contributed by atoms with van der Waals surface area (Å²) in [5.74, 6) is 0.948. The van der Waals surface area contributed by atoms with Gasteiger partial charge < -0.3 is 14.5 Å². The molecule has 0 N–H and O–H groups in total. The van der Waals surface area contributed by atoms with Crippen LogP contribution in [0, 0.1) is 5.92 Å². The average molecular weight is 311 g/mol. The quantitative estimate of drug-likeness (QED) is 0.652. The third kappa shape index (κ3) is 5.25. The van der Waals surface area contributed by atoms with E-state index in [0.717, 1.165) is 32.8 Å². The number of carbonyl (C=O) groups excluding carboxylic acids is 2. The van der Waals surface area contributed by atoms with E-state index in [1.807, 2.05) is 23.6 Å². The highest BCUT2D eigenvalue weighted by Gasteiger charge is 2.25. The van der Waals surface area contributed by atoms with Gasteiger partial charge in [0.25, 0.3) is 0 Å². The molecule has 0 unspecified atom stereocenters. The Morgan fingerprint density at radius 1 is 1.09 bits per heavy atom. The highest BCUT2D eigenvalue weighted by Crippen LogP contribution is 2.28. The first kappa shape index (κ1) is 17.2. The maximum Gasteiger partial charge on any atom is 0.248 e. The van der Waals surface area contributed by atoms with Gasteiger partial charge in [0.15, 0.2) is 0 Å². The summed E-state index contributed by atoms with van der Waals surface area (Å²) >= 11 is 0. The summed E-state index contributed by atoms with van der Waals surface area (Å²) < 4.78 is 5.46. The standard InChI is InChI=1S/C16H29N3O3/c1-3-18(4-2)15(20)11-17-7-9-19(10-8-17)16(21)13-22-12-14-5-6-14/h14H,3-13H2,1-2H3. The molecule has 126 valence electrons. The second-order valence-electron chi connectivity index (χ2n) is 6.18. The number of nitrogens with zero attached hydrogens (tertiary/aromatic N) is 3. The zero-order valence-corrected chi connectivity index (χ0v) is 13.9. The van der Waals surface area contributed by atoms with Gasteiger partial charge in [0, 0.05) is 39.3 Å². The molecule has 0 bridgehead atoms. The number of hydrogen-bond acceptors (Lipinski definition) is 4. The normalized spacial score (nSPS) is 19.3. The van der Waals surface area contributed by atoms with Crippen molar-refractivity contribution in [2.45, 2.75) is 26.7 Å². The van der Waals surface area contributed by atoms with Gasteiger partial charge in [0.2, 0.25) is 11.8 Å². The summed E-state index contributed by atoms with van der Waals surface area (Å²) in [6.45, 7) is 9.81. The van der Waals surface area contributed by atoms with Crippen LogP contribution in [0.4, 0.5) is 0 Å². The third-order valence-electron chi connectivity index (χ3n) is 4.48. The second-order valence-corrected chi connectivity index (χ2v) is 6.18. The van der Waals surface area contributed by atoms with Crippen LogP contribution < -0.4 is 0 Å². The predicted octanol–water partition coefficient (Wildman–Crippen LogP) is 0.426. The number of rotatable bonds is 8. The molecule has 6 nitrogen and oxygen atoms in total. The average Bonchev–Trinajstić information content (AvgIpc) is 3.33. The van der Waals surface area contributed by atoms with Crippen LogP contribution in [0.2, 0.25) is 0 Å². The SMILES string of the molecule is CCN(CC)C(=O)CN1CCN(C(=O)COCC2CC2)CC1. The molecule has 2 fully saturated rings. The van der Waals surface area contributed by atoms with E-state index in [4.69, 9.17) is 4.74 Å². The van der Waals surface area contributed by atoms with Crippen LogP contribution in [0.25, 0.3) is 0 Å². The lowest BCUT2D eigenvalue weighted by atomic mass is 10.3. The van der Waals surface area contributed by atoms with Crippen LogP contribution >= 0.6 is 0 Å². The van der Waals surface area contributed by atoms with Gasteiger partial charge in [-0.1, -0.05) is 0 Å². The molecule has 22 heavy (non-hydrogen) atoms. The van der Waals surface area contributed by atoms with Crippen molar-refractivity contribution in [3.63, 3.8) is 0 Å². The van der Waals surface area contributed by atoms with Gasteiger partial charge >= 0.3 is 0 Å². The smallest absolute Gasteiger partial charge is 0.248 e. The fourth-order valence-corrected chi connectivity index (χ4v) is 2.71. The maximum atomic E-state index is 12.1. The highest BCUT2D eigenvalue weighted by atomic mass is 16.5. The van der Waals surface area contributed by atoms with Gasteiger partial charge in [-0.3, -0.25) is 14.5 Å². The van der Waals surface area contributed by atoms with Crippen LogP contribution in [0.15, 0.2) is 0 Å². The van der Waals surface area contributed by atoms with Crippen LogP contribution in [0.1, 0.15) is 26.7 Å². The summed E-state index contributed by atoms with van der Waals surface area (Å²) in [6.07, 6.45) is 2.49. The molecule has 0 radical (unpaired) electrons.